The normalized spacial score (nSPS) is 15.9. The van der Waals surface area contributed by atoms with Crippen molar-refractivity contribution in [3.8, 4) is 0 Å². The van der Waals surface area contributed by atoms with Crippen LogP contribution in [-0.2, 0) is 17.6 Å². The highest BCUT2D eigenvalue weighted by Gasteiger charge is 2.29. The minimum atomic E-state index is -0.338. The molecule has 0 aliphatic heterocycles. The van der Waals surface area contributed by atoms with Gasteiger partial charge in [0.15, 0.2) is 0 Å². The standard InChI is InChI=1S/C21H25NO3S2/c1-4-25-21(24)18-16-10-9-13(3)11-17(16)27-20(18)22-19(23)14-7-6-8-15(12-14)26-5-2/h6-8,12-13H,4-5,9-11H2,1-3H3,(H,22,23). The Balaban J connectivity index is 1.90. The number of thiophene rings is 1. The Bertz CT molecular complexity index is 844. The molecule has 3 rings (SSSR count). The van der Waals surface area contributed by atoms with Gasteiger partial charge in [0.05, 0.1) is 12.2 Å². The van der Waals surface area contributed by atoms with Crippen molar-refractivity contribution in [3.05, 3.63) is 45.8 Å². The molecule has 0 saturated carbocycles. The van der Waals surface area contributed by atoms with Crippen LogP contribution in [-0.4, -0.2) is 24.2 Å². The van der Waals surface area contributed by atoms with E-state index in [1.807, 2.05) is 18.2 Å². The number of anilines is 1. The third-order valence-electron chi connectivity index (χ3n) is 4.63. The number of nitrogens with one attached hydrogen (secondary N) is 1. The summed E-state index contributed by atoms with van der Waals surface area (Å²) in [7, 11) is 0. The fraction of sp³-hybridized carbons (Fsp3) is 0.429. The van der Waals surface area contributed by atoms with Gasteiger partial charge in [-0.15, -0.1) is 23.1 Å². The van der Waals surface area contributed by atoms with Gasteiger partial charge in [-0.1, -0.05) is 19.9 Å². The predicted octanol–water partition coefficient (Wildman–Crippen LogP) is 5.41. The van der Waals surface area contributed by atoms with E-state index in [1.165, 1.54) is 16.2 Å². The van der Waals surface area contributed by atoms with E-state index in [4.69, 9.17) is 4.74 Å². The first kappa shape index (κ1) is 20.0. The number of rotatable bonds is 6. The maximum atomic E-state index is 12.8. The molecule has 1 heterocycles. The number of hydrogen-bond acceptors (Lipinski definition) is 5. The van der Waals surface area contributed by atoms with Gasteiger partial charge in [0.2, 0.25) is 0 Å². The molecule has 2 aromatic rings. The van der Waals surface area contributed by atoms with Crippen molar-refractivity contribution in [2.75, 3.05) is 17.7 Å². The topological polar surface area (TPSA) is 55.4 Å². The van der Waals surface area contributed by atoms with E-state index in [-0.39, 0.29) is 11.9 Å². The Morgan fingerprint density at radius 2 is 2.15 bits per heavy atom. The van der Waals surface area contributed by atoms with Gasteiger partial charge in [-0.3, -0.25) is 4.79 Å². The summed E-state index contributed by atoms with van der Waals surface area (Å²) in [5, 5.41) is 3.59. The molecule has 0 fully saturated rings. The second kappa shape index (κ2) is 8.93. The molecule has 0 spiro atoms. The first-order valence-electron chi connectivity index (χ1n) is 9.39. The second-order valence-electron chi connectivity index (χ2n) is 6.69. The molecule has 1 unspecified atom stereocenters. The van der Waals surface area contributed by atoms with Crippen molar-refractivity contribution in [2.45, 2.75) is 44.9 Å². The van der Waals surface area contributed by atoms with E-state index >= 15 is 0 Å². The monoisotopic (exact) mass is 403 g/mol. The highest BCUT2D eigenvalue weighted by molar-refractivity contribution is 7.99. The largest absolute Gasteiger partial charge is 0.462 e. The number of ether oxygens (including phenoxy) is 1. The SMILES string of the molecule is CCOC(=O)c1c(NC(=O)c2cccc(SCC)c2)sc2c1CCC(C)C2. The van der Waals surface area contributed by atoms with Crippen LogP contribution < -0.4 is 5.32 Å². The van der Waals surface area contributed by atoms with Gasteiger partial charge in [-0.2, -0.15) is 0 Å². The predicted molar refractivity (Wildman–Crippen MR) is 112 cm³/mol. The van der Waals surface area contributed by atoms with Gasteiger partial charge in [-0.25, -0.2) is 4.79 Å². The highest BCUT2D eigenvalue weighted by Crippen LogP contribution is 2.40. The lowest BCUT2D eigenvalue weighted by molar-refractivity contribution is 0.0526. The highest BCUT2D eigenvalue weighted by atomic mass is 32.2. The van der Waals surface area contributed by atoms with Crippen molar-refractivity contribution in [1.82, 2.24) is 0 Å². The molecule has 27 heavy (non-hydrogen) atoms. The summed E-state index contributed by atoms with van der Waals surface area (Å²) in [5.41, 5.74) is 2.21. The maximum absolute atomic E-state index is 12.8. The number of fused-ring (bicyclic) bond motifs is 1. The number of esters is 1. The minimum absolute atomic E-state index is 0.189. The molecule has 1 amide bonds. The summed E-state index contributed by atoms with van der Waals surface area (Å²) >= 11 is 3.22. The molecule has 1 aromatic carbocycles. The number of carbonyl (C=O) groups excluding carboxylic acids is 2. The van der Waals surface area contributed by atoms with Gasteiger partial charge in [0, 0.05) is 15.3 Å². The quantitative estimate of drug-likeness (QED) is 0.517. The lowest BCUT2D eigenvalue weighted by Gasteiger charge is -2.18. The number of amides is 1. The van der Waals surface area contributed by atoms with Crippen LogP contribution in [0.15, 0.2) is 29.2 Å². The Morgan fingerprint density at radius 1 is 1.33 bits per heavy atom. The Morgan fingerprint density at radius 3 is 2.89 bits per heavy atom. The van der Waals surface area contributed by atoms with Crippen LogP contribution in [0.2, 0.25) is 0 Å². The fourth-order valence-corrected chi connectivity index (χ4v) is 5.44. The number of thioether (sulfide) groups is 1. The number of hydrogen-bond donors (Lipinski definition) is 1. The fourth-order valence-electron chi connectivity index (χ4n) is 3.33. The van der Waals surface area contributed by atoms with Crippen LogP contribution in [0.25, 0.3) is 0 Å². The van der Waals surface area contributed by atoms with E-state index in [1.54, 1.807) is 24.8 Å². The zero-order valence-corrected chi connectivity index (χ0v) is 17.6. The molecule has 0 bridgehead atoms. The molecular formula is C21H25NO3S2. The molecule has 0 saturated heterocycles. The molecular weight excluding hydrogens is 378 g/mol. The molecule has 4 nitrogen and oxygen atoms in total. The third-order valence-corrected chi connectivity index (χ3v) is 6.67. The van der Waals surface area contributed by atoms with Crippen molar-refractivity contribution in [1.29, 1.82) is 0 Å². The second-order valence-corrected chi connectivity index (χ2v) is 9.13. The van der Waals surface area contributed by atoms with Gasteiger partial charge in [0.25, 0.3) is 5.91 Å². The molecule has 1 aliphatic carbocycles. The van der Waals surface area contributed by atoms with Crippen molar-refractivity contribution in [2.24, 2.45) is 5.92 Å². The molecule has 6 heteroatoms. The molecule has 1 aliphatic rings. The van der Waals surface area contributed by atoms with Crippen LogP contribution >= 0.6 is 23.1 Å². The third kappa shape index (κ3) is 4.55. The minimum Gasteiger partial charge on any atom is -0.462 e. The van der Waals surface area contributed by atoms with Crippen LogP contribution in [0.4, 0.5) is 5.00 Å². The van der Waals surface area contributed by atoms with Gasteiger partial charge >= 0.3 is 5.97 Å². The average Bonchev–Trinajstić information content (AvgIpc) is 2.99. The number of carbonyl (C=O) groups is 2. The van der Waals surface area contributed by atoms with Crippen LogP contribution in [0.1, 0.15) is 58.3 Å². The Hall–Kier alpha value is -1.79. The van der Waals surface area contributed by atoms with E-state index in [9.17, 15) is 9.59 Å². The van der Waals surface area contributed by atoms with Crippen LogP contribution in [0.5, 0.6) is 0 Å². The summed E-state index contributed by atoms with van der Waals surface area (Å²) < 4.78 is 5.27. The Kier molecular flexibility index (Phi) is 6.60. The van der Waals surface area contributed by atoms with Gasteiger partial charge in [-0.05, 0) is 61.6 Å². The summed E-state index contributed by atoms with van der Waals surface area (Å²) in [5.74, 6) is 1.02. The zero-order chi connectivity index (χ0) is 19.4. The van der Waals surface area contributed by atoms with Crippen LogP contribution in [0, 0.1) is 5.92 Å². The molecule has 1 N–H and O–H groups in total. The molecule has 0 radical (unpaired) electrons. The zero-order valence-electron chi connectivity index (χ0n) is 16.0. The van der Waals surface area contributed by atoms with Gasteiger partial charge in [0.1, 0.15) is 5.00 Å². The van der Waals surface area contributed by atoms with E-state index in [0.29, 0.717) is 28.7 Å². The first-order chi connectivity index (χ1) is 13.0. The van der Waals surface area contributed by atoms with E-state index < -0.39 is 0 Å². The summed E-state index contributed by atoms with van der Waals surface area (Å²) in [6.07, 6.45) is 2.87. The summed E-state index contributed by atoms with van der Waals surface area (Å²) in [4.78, 5) is 27.6. The van der Waals surface area contributed by atoms with Crippen molar-refractivity contribution in [3.63, 3.8) is 0 Å². The van der Waals surface area contributed by atoms with E-state index in [2.05, 4.69) is 19.2 Å². The smallest absolute Gasteiger partial charge is 0.341 e. The van der Waals surface area contributed by atoms with Crippen LogP contribution in [0.3, 0.4) is 0 Å². The Labute approximate surface area is 168 Å². The lowest BCUT2D eigenvalue weighted by Crippen LogP contribution is -2.16. The van der Waals surface area contributed by atoms with Gasteiger partial charge < -0.3 is 10.1 Å². The molecule has 144 valence electrons. The van der Waals surface area contributed by atoms with E-state index in [0.717, 1.165) is 35.5 Å². The number of benzene rings is 1. The molecule has 1 aromatic heterocycles. The average molecular weight is 404 g/mol. The first-order valence-corrected chi connectivity index (χ1v) is 11.2. The van der Waals surface area contributed by atoms with Crippen molar-refractivity contribution < 1.29 is 14.3 Å². The molecule has 1 atom stereocenters. The summed E-state index contributed by atoms with van der Waals surface area (Å²) in [6.45, 7) is 6.43. The maximum Gasteiger partial charge on any atom is 0.341 e. The summed E-state index contributed by atoms with van der Waals surface area (Å²) in [6, 6.07) is 7.58. The van der Waals surface area contributed by atoms with Crippen molar-refractivity contribution >= 4 is 40.0 Å². The lowest BCUT2D eigenvalue weighted by atomic mass is 9.88.